The number of nitrogens with one attached hydrogen (secondary N) is 3. The van der Waals surface area contributed by atoms with E-state index in [0.29, 0.717) is 16.7 Å². The maximum atomic E-state index is 15.1. The zero-order valence-electron chi connectivity index (χ0n) is 20.2. The van der Waals surface area contributed by atoms with Gasteiger partial charge in [-0.15, -0.1) is 0 Å². The lowest BCUT2D eigenvalue weighted by molar-refractivity contribution is 0.166. The van der Waals surface area contributed by atoms with Crippen LogP contribution >= 0.6 is 11.6 Å². The Hall–Kier alpha value is -2.76. The molecule has 0 atom stereocenters. The first kappa shape index (κ1) is 24.9. The number of H-pyrrole nitrogens is 1. The van der Waals surface area contributed by atoms with Gasteiger partial charge in [-0.2, -0.15) is 10.1 Å². The summed E-state index contributed by atoms with van der Waals surface area (Å²) in [5.74, 6) is 1.54. The molecule has 2 aliphatic rings. The molecular formula is C24H29ClFN7O2S. The first-order valence-electron chi connectivity index (χ1n) is 12.1. The van der Waals surface area contributed by atoms with E-state index in [1.54, 1.807) is 12.1 Å². The second-order valence-electron chi connectivity index (χ2n) is 9.50. The van der Waals surface area contributed by atoms with Crippen LogP contribution in [0, 0.1) is 12.7 Å². The van der Waals surface area contributed by atoms with Crippen molar-refractivity contribution in [3.05, 3.63) is 52.1 Å². The second-order valence-corrected chi connectivity index (χ2v) is 12.1. The molecule has 0 bridgehead atoms. The highest BCUT2D eigenvalue weighted by Crippen LogP contribution is 2.35. The molecule has 1 aromatic carbocycles. The molecule has 3 aromatic rings. The van der Waals surface area contributed by atoms with Crippen molar-refractivity contribution in [1.29, 1.82) is 0 Å². The number of halogens is 2. The highest BCUT2D eigenvalue weighted by atomic mass is 35.5. The number of sulfone groups is 1. The third kappa shape index (κ3) is 5.33. The summed E-state index contributed by atoms with van der Waals surface area (Å²) < 4.78 is 38.1. The van der Waals surface area contributed by atoms with Gasteiger partial charge in [-0.05, 0) is 68.5 Å². The summed E-state index contributed by atoms with van der Waals surface area (Å²) in [4.78, 5) is 10.8. The molecule has 5 rings (SSSR count). The van der Waals surface area contributed by atoms with Crippen molar-refractivity contribution in [1.82, 2.24) is 25.1 Å². The fourth-order valence-corrected chi connectivity index (χ4v) is 6.55. The lowest BCUT2D eigenvalue weighted by atomic mass is 9.86. The van der Waals surface area contributed by atoms with Crippen LogP contribution in [0.25, 0.3) is 0 Å². The smallest absolute Gasteiger partial charge is 0.229 e. The Morgan fingerprint density at radius 2 is 1.94 bits per heavy atom. The summed E-state index contributed by atoms with van der Waals surface area (Å²) in [5, 5.41) is 13.4. The van der Waals surface area contributed by atoms with Crippen molar-refractivity contribution in [2.45, 2.75) is 45.1 Å². The fraction of sp³-hybridized carbons (Fsp3) is 0.458. The van der Waals surface area contributed by atoms with Crippen LogP contribution in [0.1, 0.15) is 42.5 Å². The Morgan fingerprint density at radius 1 is 1.19 bits per heavy atom. The van der Waals surface area contributed by atoms with Gasteiger partial charge in [-0.25, -0.2) is 17.8 Å². The quantitative estimate of drug-likeness (QED) is 0.411. The van der Waals surface area contributed by atoms with E-state index < -0.39 is 9.84 Å². The van der Waals surface area contributed by atoms with E-state index in [2.05, 4.69) is 35.7 Å². The predicted molar refractivity (Wildman–Crippen MR) is 139 cm³/mol. The average molecular weight is 534 g/mol. The van der Waals surface area contributed by atoms with Gasteiger partial charge in [0.2, 0.25) is 5.95 Å². The Balaban J connectivity index is 1.26. The average Bonchev–Trinajstić information content (AvgIpc) is 3.29. The molecule has 0 amide bonds. The Kier molecular flexibility index (Phi) is 6.88. The van der Waals surface area contributed by atoms with Gasteiger partial charge in [0.25, 0.3) is 0 Å². The minimum Gasteiger partial charge on any atom is -0.322 e. The van der Waals surface area contributed by atoms with E-state index in [0.717, 1.165) is 49.2 Å². The van der Waals surface area contributed by atoms with Gasteiger partial charge < -0.3 is 10.6 Å². The van der Waals surface area contributed by atoms with Crippen molar-refractivity contribution in [3.8, 4) is 0 Å². The molecule has 12 heteroatoms. The molecule has 4 heterocycles. The number of rotatable bonds is 7. The Morgan fingerprint density at radius 3 is 2.61 bits per heavy atom. The number of likely N-dealkylation sites (tertiary alicyclic amines) is 1. The maximum Gasteiger partial charge on any atom is 0.229 e. The summed E-state index contributed by atoms with van der Waals surface area (Å²) in [7, 11) is -2.83. The molecule has 36 heavy (non-hydrogen) atoms. The number of aromatic amines is 1. The Bertz CT molecular complexity index is 1360. The number of anilines is 4. The van der Waals surface area contributed by atoms with Crippen molar-refractivity contribution in [3.63, 3.8) is 0 Å². The lowest BCUT2D eigenvalue weighted by Crippen LogP contribution is -2.55. The molecule has 0 unspecified atom stereocenters. The summed E-state index contributed by atoms with van der Waals surface area (Å²) in [6.07, 6.45) is 4.03. The van der Waals surface area contributed by atoms with Gasteiger partial charge in [0.05, 0.1) is 23.4 Å². The molecule has 2 aliphatic heterocycles. The monoisotopic (exact) mass is 533 g/mol. The predicted octanol–water partition coefficient (Wildman–Crippen LogP) is 4.33. The Labute approximate surface area is 214 Å². The van der Waals surface area contributed by atoms with E-state index in [1.807, 2.05) is 19.9 Å². The molecule has 0 saturated carbocycles. The van der Waals surface area contributed by atoms with Gasteiger partial charge in [0.15, 0.2) is 21.5 Å². The lowest BCUT2D eigenvalue weighted by Gasteiger charge is -2.41. The minimum atomic E-state index is -2.83. The van der Waals surface area contributed by atoms with Crippen LogP contribution in [0.3, 0.4) is 0 Å². The third-order valence-electron chi connectivity index (χ3n) is 6.98. The molecule has 2 saturated heterocycles. The van der Waals surface area contributed by atoms with E-state index in [-0.39, 0.29) is 40.9 Å². The van der Waals surface area contributed by atoms with Crippen molar-refractivity contribution < 1.29 is 12.8 Å². The van der Waals surface area contributed by atoms with Crippen molar-refractivity contribution in [2.24, 2.45) is 0 Å². The molecule has 0 aliphatic carbocycles. The zero-order chi connectivity index (χ0) is 25.4. The molecular weight excluding hydrogens is 505 g/mol. The van der Waals surface area contributed by atoms with Crippen LogP contribution in [-0.4, -0.2) is 64.1 Å². The van der Waals surface area contributed by atoms with Crippen LogP contribution in [0.2, 0.25) is 5.02 Å². The standard InChI is InChI=1S/C24H29ClFN7O2S/c1-3-16-9-22(32-31-16)29-23-19(25)11-27-24(30-23)28-21-8-14(2)18(10-20(21)26)15-4-6-33(7-5-15)17-12-36(34,35)13-17/h8-11,15,17H,3-7,12-13H2,1-2H3,(H3,27,28,29,30,31,32). The normalized spacial score (nSPS) is 18.7. The van der Waals surface area contributed by atoms with Crippen LogP contribution in [0.5, 0.6) is 0 Å². The zero-order valence-corrected chi connectivity index (χ0v) is 21.8. The van der Waals surface area contributed by atoms with E-state index >= 15 is 4.39 Å². The van der Waals surface area contributed by atoms with E-state index in [4.69, 9.17) is 11.6 Å². The van der Waals surface area contributed by atoms with Crippen molar-refractivity contribution in [2.75, 3.05) is 35.2 Å². The van der Waals surface area contributed by atoms with Gasteiger partial charge in [-0.1, -0.05) is 18.5 Å². The minimum absolute atomic E-state index is 0.140. The summed E-state index contributed by atoms with van der Waals surface area (Å²) in [6.45, 7) is 5.65. The highest BCUT2D eigenvalue weighted by Gasteiger charge is 2.39. The summed E-state index contributed by atoms with van der Waals surface area (Å²) >= 11 is 6.25. The molecule has 9 nitrogen and oxygen atoms in total. The molecule has 0 spiro atoms. The topological polar surface area (TPSA) is 116 Å². The SMILES string of the molecule is CCc1cc(Nc2nc(Nc3cc(C)c(C4CCN(C5CS(=O)(=O)C5)CC4)cc3F)ncc2Cl)n[nH]1. The van der Waals surface area contributed by atoms with Gasteiger partial charge >= 0.3 is 0 Å². The maximum absolute atomic E-state index is 15.1. The molecule has 192 valence electrons. The largest absolute Gasteiger partial charge is 0.322 e. The number of aryl methyl sites for hydroxylation is 2. The third-order valence-corrected chi connectivity index (χ3v) is 9.04. The number of benzene rings is 1. The van der Waals surface area contributed by atoms with Gasteiger partial charge in [0.1, 0.15) is 10.8 Å². The number of hydrogen-bond acceptors (Lipinski definition) is 8. The van der Waals surface area contributed by atoms with E-state index in [1.165, 1.54) is 6.20 Å². The molecule has 0 radical (unpaired) electrons. The van der Waals surface area contributed by atoms with Crippen LogP contribution in [-0.2, 0) is 16.3 Å². The molecule has 2 fully saturated rings. The van der Waals surface area contributed by atoms with Crippen LogP contribution in [0.4, 0.5) is 27.7 Å². The molecule has 3 N–H and O–H groups in total. The number of piperidine rings is 1. The number of hydrogen-bond donors (Lipinski definition) is 3. The molecule has 2 aromatic heterocycles. The van der Waals surface area contributed by atoms with Crippen molar-refractivity contribution >= 4 is 44.7 Å². The number of aromatic nitrogens is 4. The number of nitrogens with zero attached hydrogens (tertiary/aromatic N) is 4. The summed E-state index contributed by atoms with van der Waals surface area (Å²) in [5.41, 5.74) is 3.23. The first-order valence-corrected chi connectivity index (χ1v) is 14.3. The van der Waals surface area contributed by atoms with E-state index in [9.17, 15) is 8.42 Å². The first-order chi connectivity index (χ1) is 17.2. The highest BCUT2D eigenvalue weighted by molar-refractivity contribution is 7.92. The fourth-order valence-electron chi connectivity index (χ4n) is 4.92. The second kappa shape index (κ2) is 9.95. The van der Waals surface area contributed by atoms with Crippen LogP contribution in [0.15, 0.2) is 24.4 Å². The van der Waals surface area contributed by atoms with Gasteiger partial charge in [0, 0.05) is 17.8 Å². The summed E-state index contributed by atoms with van der Waals surface area (Å²) in [6, 6.07) is 5.38. The van der Waals surface area contributed by atoms with Crippen LogP contribution < -0.4 is 10.6 Å². The van der Waals surface area contributed by atoms with Gasteiger partial charge in [-0.3, -0.25) is 10.00 Å².